The largest absolute Gasteiger partial charge is 0.303 e. The molecule has 0 radical (unpaired) electrons. The van der Waals surface area contributed by atoms with Crippen molar-refractivity contribution in [3.05, 3.63) is 12.2 Å². The Balaban J connectivity index is 2.50. The van der Waals surface area contributed by atoms with Gasteiger partial charge < -0.3 is 4.79 Å². The Morgan fingerprint density at radius 1 is 1.43 bits per heavy atom. The van der Waals surface area contributed by atoms with Crippen LogP contribution in [0.15, 0.2) is 12.2 Å². The summed E-state index contributed by atoms with van der Waals surface area (Å²) >= 11 is 0. The fraction of sp³-hybridized carbons (Fsp3) is 0.769. The highest BCUT2D eigenvalue weighted by molar-refractivity contribution is 5.49. The molecular weight excluding hydrogens is 172 g/mol. The molecule has 3 atom stereocenters. The zero-order valence-electron chi connectivity index (χ0n) is 9.57. The van der Waals surface area contributed by atoms with Gasteiger partial charge in [-0.05, 0) is 36.5 Å². The van der Waals surface area contributed by atoms with Crippen LogP contribution >= 0.6 is 0 Å². The van der Waals surface area contributed by atoms with Crippen LogP contribution in [0, 0.1) is 23.7 Å². The van der Waals surface area contributed by atoms with Crippen molar-refractivity contribution in [2.75, 3.05) is 0 Å². The molecule has 1 aliphatic rings. The van der Waals surface area contributed by atoms with Crippen LogP contribution in [-0.4, -0.2) is 6.29 Å². The summed E-state index contributed by atoms with van der Waals surface area (Å²) in [7, 11) is 0. The molecule has 1 heteroatoms. The predicted octanol–water partition coefficient (Wildman–Crippen LogP) is 3.45. The fourth-order valence-electron chi connectivity index (χ4n) is 2.26. The molecule has 0 aromatic heterocycles. The quantitative estimate of drug-likeness (QED) is 0.495. The van der Waals surface area contributed by atoms with Gasteiger partial charge in [0.25, 0.3) is 0 Å². The first kappa shape index (κ1) is 11.5. The molecule has 14 heavy (non-hydrogen) atoms. The van der Waals surface area contributed by atoms with Crippen molar-refractivity contribution in [3.63, 3.8) is 0 Å². The minimum absolute atomic E-state index is 0.554. The zero-order chi connectivity index (χ0) is 10.6. The van der Waals surface area contributed by atoms with Crippen molar-refractivity contribution >= 4 is 6.29 Å². The summed E-state index contributed by atoms with van der Waals surface area (Å²) in [4.78, 5) is 10.5. The molecule has 0 heterocycles. The topological polar surface area (TPSA) is 17.1 Å². The van der Waals surface area contributed by atoms with Crippen LogP contribution in [0.5, 0.6) is 0 Å². The normalized spacial score (nSPS) is 29.1. The molecule has 3 unspecified atom stereocenters. The van der Waals surface area contributed by atoms with Gasteiger partial charge in [-0.3, -0.25) is 0 Å². The Kier molecular flexibility index (Phi) is 4.37. The van der Waals surface area contributed by atoms with Gasteiger partial charge >= 0.3 is 0 Å². The summed E-state index contributed by atoms with van der Waals surface area (Å²) in [6, 6.07) is 0. The summed E-state index contributed by atoms with van der Waals surface area (Å²) in [5.41, 5.74) is 0. The predicted molar refractivity (Wildman–Crippen MR) is 60.0 cm³/mol. The molecule has 0 bridgehead atoms. The molecule has 0 amide bonds. The van der Waals surface area contributed by atoms with Crippen LogP contribution in [0.25, 0.3) is 0 Å². The average Bonchev–Trinajstić information content (AvgIpc) is 2.18. The van der Waals surface area contributed by atoms with Crippen molar-refractivity contribution < 1.29 is 4.79 Å². The molecule has 0 aliphatic heterocycles. The average molecular weight is 194 g/mol. The maximum atomic E-state index is 10.5. The van der Waals surface area contributed by atoms with E-state index in [2.05, 4.69) is 32.9 Å². The van der Waals surface area contributed by atoms with Crippen LogP contribution in [0.1, 0.15) is 40.0 Å². The second-order valence-electron chi connectivity index (χ2n) is 4.95. The second kappa shape index (κ2) is 5.33. The number of allylic oxidation sites excluding steroid dienone is 2. The Hall–Kier alpha value is -0.590. The maximum Gasteiger partial charge on any atom is 0.120 e. The van der Waals surface area contributed by atoms with Crippen molar-refractivity contribution in [2.45, 2.75) is 40.0 Å². The highest BCUT2D eigenvalue weighted by Gasteiger charge is 2.24. The van der Waals surface area contributed by atoms with Gasteiger partial charge in [-0.2, -0.15) is 0 Å². The van der Waals surface area contributed by atoms with E-state index in [0.29, 0.717) is 5.92 Å². The third-order valence-electron chi connectivity index (χ3n) is 3.53. The third-order valence-corrected chi connectivity index (χ3v) is 3.53. The number of aldehydes is 1. The summed E-state index contributed by atoms with van der Waals surface area (Å²) in [6.07, 6.45) is 8.88. The molecule has 0 saturated heterocycles. The standard InChI is InChI=1S/C13H22O/c1-10(2)12-5-4-6-13(9-12)11(3)7-8-14/h4-5,8,10-13H,6-7,9H2,1-3H3. The van der Waals surface area contributed by atoms with E-state index < -0.39 is 0 Å². The lowest BCUT2D eigenvalue weighted by Gasteiger charge is -2.30. The minimum atomic E-state index is 0.554. The van der Waals surface area contributed by atoms with E-state index in [4.69, 9.17) is 0 Å². The number of carbonyl (C=O) groups is 1. The van der Waals surface area contributed by atoms with Crippen LogP contribution < -0.4 is 0 Å². The van der Waals surface area contributed by atoms with Gasteiger partial charge in [0.05, 0.1) is 0 Å². The van der Waals surface area contributed by atoms with Gasteiger partial charge in [0.15, 0.2) is 0 Å². The molecule has 0 N–H and O–H groups in total. The number of hydrogen-bond acceptors (Lipinski definition) is 1. The Morgan fingerprint density at radius 3 is 2.71 bits per heavy atom. The minimum Gasteiger partial charge on any atom is -0.303 e. The van der Waals surface area contributed by atoms with Crippen molar-refractivity contribution in [3.8, 4) is 0 Å². The highest BCUT2D eigenvalue weighted by atomic mass is 16.1. The molecule has 0 saturated carbocycles. The number of hydrogen-bond donors (Lipinski definition) is 0. The number of rotatable bonds is 4. The molecule has 1 nitrogen and oxygen atoms in total. The second-order valence-corrected chi connectivity index (χ2v) is 4.95. The van der Waals surface area contributed by atoms with E-state index in [-0.39, 0.29) is 0 Å². The first-order chi connectivity index (χ1) is 6.65. The molecule has 0 aromatic rings. The summed E-state index contributed by atoms with van der Waals surface area (Å²) in [5.74, 6) is 2.73. The first-order valence-electron chi connectivity index (χ1n) is 5.75. The summed E-state index contributed by atoms with van der Waals surface area (Å²) in [6.45, 7) is 6.76. The van der Waals surface area contributed by atoms with Gasteiger partial charge in [-0.15, -0.1) is 0 Å². The van der Waals surface area contributed by atoms with Crippen LogP contribution in [0.4, 0.5) is 0 Å². The SMILES string of the molecule is CC(C)C1C=CCC(C(C)CC=O)C1. The molecule has 0 fully saturated rings. The highest BCUT2D eigenvalue weighted by Crippen LogP contribution is 2.33. The summed E-state index contributed by atoms with van der Waals surface area (Å²) in [5, 5.41) is 0. The third kappa shape index (κ3) is 2.97. The molecule has 1 rings (SSSR count). The van der Waals surface area contributed by atoms with E-state index in [1.165, 1.54) is 6.42 Å². The fourth-order valence-corrected chi connectivity index (χ4v) is 2.26. The monoisotopic (exact) mass is 194 g/mol. The van der Waals surface area contributed by atoms with Gasteiger partial charge in [-0.25, -0.2) is 0 Å². The Morgan fingerprint density at radius 2 is 2.14 bits per heavy atom. The number of carbonyl (C=O) groups excluding carboxylic acids is 1. The van der Waals surface area contributed by atoms with Gasteiger partial charge in [0, 0.05) is 6.42 Å². The van der Waals surface area contributed by atoms with Crippen LogP contribution in [-0.2, 0) is 4.79 Å². The van der Waals surface area contributed by atoms with E-state index in [1.807, 2.05) is 0 Å². The van der Waals surface area contributed by atoms with Gasteiger partial charge in [0.2, 0.25) is 0 Å². The van der Waals surface area contributed by atoms with E-state index in [1.54, 1.807) is 0 Å². The molecule has 1 aliphatic carbocycles. The zero-order valence-corrected chi connectivity index (χ0v) is 9.57. The van der Waals surface area contributed by atoms with Gasteiger partial charge in [-0.1, -0.05) is 32.9 Å². The molecule has 0 aromatic carbocycles. The lowest BCUT2D eigenvalue weighted by Crippen LogP contribution is -2.21. The Bertz CT molecular complexity index is 205. The maximum absolute atomic E-state index is 10.5. The van der Waals surface area contributed by atoms with E-state index in [9.17, 15) is 4.79 Å². The molecular formula is C13H22O. The smallest absolute Gasteiger partial charge is 0.120 e. The van der Waals surface area contributed by atoms with Crippen LogP contribution in [0.2, 0.25) is 0 Å². The van der Waals surface area contributed by atoms with Crippen molar-refractivity contribution in [1.29, 1.82) is 0 Å². The van der Waals surface area contributed by atoms with E-state index >= 15 is 0 Å². The lowest BCUT2D eigenvalue weighted by atomic mass is 9.75. The summed E-state index contributed by atoms with van der Waals surface area (Å²) < 4.78 is 0. The first-order valence-corrected chi connectivity index (χ1v) is 5.75. The van der Waals surface area contributed by atoms with Crippen LogP contribution in [0.3, 0.4) is 0 Å². The van der Waals surface area contributed by atoms with E-state index in [0.717, 1.165) is 36.9 Å². The Labute approximate surface area is 87.6 Å². The van der Waals surface area contributed by atoms with Crippen molar-refractivity contribution in [1.82, 2.24) is 0 Å². The van der Waals surface area contributed by atoms with Gasteiger partial charge in [0.1, 0.15) is 6.29 Å². The molecule has 80 valence electrons. The van der Waals surface area contributed by atoms with Crippen molar-refractivity contribution in [2.24, 2.45) is 23.7 Å². The lowest BCUT2D eigenvalue weighted by molar-refractivity contribution is -0.108. The molecule has 0 spiro atoms.